The molecule has 1 unspecified atom stereocenters. The first-order chi connectivity index (χ1) is 8.33. The van der Waals surface area contributed by atoms with E-state index in [-0.39, 0.29) is 0 Å². The van der Waals surface area contributed by atoms with Crippen LogP contribution in [-0.4, -0.2) is 17.6 Å². The molecule has 1 aliphatic carbocycles. The number of nitrogens with one attached hydrogen (secondary N) is 1. The quantitative estimate of drug-likeness (QED) is 0.784. The molecule has 17 heavy (non-hydrogen) atoms. The second-order valence-corrected chi connectivity index (χ2v) is 4.71. The molecular formula is C14H22N2O. The normalized spacial score (nSPS) is 16.6. The third-order valence-corrected chi connectivity index (χ3v) is 3.22. The lowest BCUT2D eigenvalue weighted by molar-refractivity contribution is 0.340. The van der Waals surface area contributed by atoms with Crippen LogP contribution in [0, 0.1) is 5.92 Å². The summed E-state index contributed by atoms with van der Waals surface area (Å²) >= 11 is 0. The summed E-state index contributed by atoms with van der Waals surface area (Å²) in [5.41, 5.74) is 0. The minimum atomic E-state index is 0.525. The fourth-order valence-corrected chi connectivity index (χ4v) is 2.05. The smallest absolute Gasteiger partial charge is 0.168 e. The van der Waals surface area contributed by atoms with Gasteiger partial charge in [-0.1, -0.05) is 19.8 Å². The van der Waals surface area contributed by atoms with Gasteiger partial charge in [0.2, 0.25) is 0 Å². The van der Waals surface area contributed by atoms with Crippen LogP contribution in [0.1, 0.15) is 39.5 Å². The van der Waals surface area contributed by atoms with Crippen molar-refractivity contribution in [1.82, 2.24) is 4.98 Å². The van der Waals surface area contributed by atoms with E-state index in [1.165, 1.54) is 19.3 Å². The van der Waals surface area contributed by atoms with Crippen molar-refractivity contribution in [3.63, 3.8) is 0 Å². The van der Waals surface area contributed by atoms with Gasteiger partial charge in [-0.25, -0.2) is 4.98 Å². The molecule has 1 N–H and O–H groups in total. The lowest BCUT2D eigenvalue weighted by atomic mass is 10.1. The van der Waals surface area contributed by atoms with Crippen LogP contribution in [0.4, 0.5) is 5.82 Å². The van der Waals surface area contributed by atoms with Gasteiger partial charge in [0.05, 0.1) is 6.61 Å². The zero-order chi connectivity index (χ0) is 12.1. The van der Waals surface area contributed by atoms with Gasteiger partial charge in [-0.15, -0.1) is 0 Å². The molecule has 1 aromatic rings. The first kappa shape index (κ1) is 12.2. The van der Waals surface area contributed by atoms with Gasteiger partial charge in [0.15, 0.2) is 11.6 Å². The molecule has 3 nitrogen and oxygen atoms in total. The maximum absolute atomic E-state index is 5.58. The van der Waals surface area contributed by atoms with E-state index in [4.69, 9.17) is 4.74 Å². The monoisotopic (exact) mass is 234 g/mol. The highest BCUT2D eigenvalue weighted by Crippen LogP contribution is 2.35. The number of pyridine rings is 1. The fraction of sp³-hybridized carbons (Fsp3) is 0.643. The van der Waals surface area contributed by atoms with Crippen molar-refractivity contribution >= 4 is 5.82 Å². The number of rotatable bonds is 7. The van der Waals surface area contributed by atoms with Gasteiger partial charge in [0.1, 0.15) is 0 Å². The fourth-order valence-electron chi connectivity index (χ4n) is 2.05. The molecular weight excluding hydrogens is 212 g/mol. The topological polar surface area (TPSA) is 34.1 Å². The molecule has 0 aromatic carbocycles. The number of hydrogen-bond acceptors (Lipinski definition) is 3. The minimum absolute atomic E-state index is 0.525. The Balaban J connectivity index is 1.99. The molecule has 1 saturated carbocycles. The zero-order valence-corrected chi connectivity index (χ0v) is 10.8. The van der Waals surface area contributed by atoms with E-state index in [1.807, 2.05) is 25.3 Å². The Morgan fingerprint density at radius 2 is 2.29 bits per heavy atom. The first-order valence-electron chi connectivity index (χ1n) is 6.67. The van der Waals surface area contributed by atoms with Crippen molar-refractivity contribution in [1.29, 1.82) is 0 Å². The summed E-state index contributed by atoms with van der Waals surface area (Å²) in [6.07, 6.45) is 7.02. The van der Waals surface area contributed by atoms with Crippen LogP contribution in [0.15, 0.2) is 18.3 Å². The summed E-state index contributed by atoms with van der Waals surface area (Å²) in [4.78, 5) is 4.38. The number of nitrogens with zero attached hydrogens (tertiary/aromatic N) is 1. The van der Waals surface area contributed by atoms with E-state index >= 15 is 0 Å². The SMILES string of the molecule is CCOc1cccnc1NC(CC)CC1CC1. The Morgan fingerprint density at radius 1 is 1.47 bits per heavy atom. The van der Waals surface area contributed by atoms with Crippen LogP contribution in [-0.2, 0) is 0 Å². The summed E-state index contributed by atoms with van der Waals surface area (Å²) in [7, 11) is 0. The molecule has 1 aliphatic rings. The molecule has 1 atom stereocenters. The largest absolute Gasteiger partial charge is 0.490 e. The summed E-state index contributed by atoms with van der Waals surface area (Å²) in [6.45, 7) is 4.90. The van der Waals surface area contributed by atoms with Crippen molar-refractivity contribution in [3.05, 3.63) is 18.3 Å². The lowest BCUT2D eigenvalue weighted by Gasteiger charge is -2.19. The summed E-state index contributed by atoms with van der Waals surface area (Å²) < 4.78 is 5.58. The Bertz CT molecular complexity index is 350. The molecule has 0 aliphatic heterocycles. The average Bonchev–Trinajstić information content (AvgIpc) is 3.15. The molecule has 0 saturated heterocycles. The van der Waals surface area contributed by atoms with Gasteiger partial charge in [0.25, 0.3) is 0 Å². The number of ether oxygens (including phenoxy) is 1. The van der Waals surface area contributed by atoms with Gasteiger partial charge < -0.3 is 10.1 Å². The highest BCUT2D eigenvalue weighted by atomic mass is 16.5. The summed E-state index contributed by atoms with van der Waals surface area (Å²) in [6, 6.07) is 4.41. The van der Waals surface area contributed by atoms with Gasteiger partial charge >= 0.3 is 0 Å². The van der Waals surface area contributed by atoms with E-state index in [0.29, 0.717) is 12.6 Å². The summed E-state index contributed by atoms with van der Waals surface area (Å²) in [5.74, 6) is 2.69. The van der Waals surface area contributed by atoms with Crippen LogP contribution in [0.2, 0.25) is 0 Å². The first-order valence-corrected chi connectivity index (χ1v) is 6.67. The van der Waals surface area contributed by atoms with Gasteiger partial charge in [-0.3, -0.25) is 0 Å². The molecule has 1 heterocycles. The van der Waals surface area contributed by atoms with Crippen LogP contribution < -0.4 is 10.1 Å². The molecule has 0 bridgehead atoms. The zero-order valence-electron chi connectivity index (χ0n) is 10.8. The Morgan fingerprint density at radius 3 is 2.94 bits per heavy atom. The van der Waals surface area contributed by atoms with Crippen LogP contribution >= 0.6 is 0 Å². The number of aromatic nitrogens is 1. The molecule has 0 spiro atoms. The highest BCUT2D eigenvalue weighted by molar-refractivity contribution is 5.50. The predicted molar refractivity (Wildman–Crippen MR) is 70.4 cm³/mol. The van der Waals surface area contributed by atoms with Crippen molar-refractivity contribution in [2.45, 2.75) is 45.6 Å². The van der Waals surface area contributed by atoms with Crippen LogP contribution in [0.25, 0.3) is 0 Å². The van der Waals surface area contributed by atoms with Crippen molar-refractivity contribution in [2.24, 2.45) is 5.92 Å². The van der Waals surface area contributed by atoms with E-state index in [0.717, 1.165) is 23.9 Å². The molecule has 1 aromatic heterocycles. The van der Waals surface area contributed by atoms with Crippen LogP contribution in [0.5, 0.6) is 5.75 Å². The maximum atomic E-state index is 5.58. The average molecular weight is 234 g/mol. The van der Waals surface area contributed by atoms with Gasteiger partial charge in [0, 0.05) is 12.2 Å². The van der Waals surface area contributed by atoms with E-state index in [2.05, 4.69) is 17.2 Å². The molecule has 2 rings (SSSR count). The second-order valence-electron chi connectivity index (χ2n) is 4.71. The Kier molecular flexibility index (Phi) is 4.24. The predicted octanol–water partition coefficient (Wildman–Crippen LogP) is 3.47. The third-order valence-electron chi connectivity index (χ3n) is 3.22. The molecule has 0 radical (unpaired) electrons. The Labute approximate surface area is 104 Å². The van der Waals surface area contributed by atoms with Crippen molar-refractivity contribution < 1.29 is 4.74 Å². The summed E-state index contributed by atoms with van der Waals surface area (Å²) in [5, 5.41) is 3.52. The minimum Gasteiger partial charge on any atom is -0.490 e. The highest BCUT2D eigenvalue weighted by Gasteiger charge is 2.25. The molecule has 1 fully saturated rings. The van der Waals surface area contributed by atoms with Gasteiger partial charge in [-0.2, -0.15) is 0 Å². The van der Waals surface area contributed by atoms with Crippen molar-refractivity contribution in [3.8, 4) is 5.75 Å². The lowest BCUT2D eigenvalue weighted by Crippen LogP contribution is -2.20. The van der Waals surface area contributed by atoms with E-state index in [1.54, 1.807) is 0 Å². The third kappa shape index (κ3) is 3.62. The number of anilines is 1. The molecule has 3 heteroatoms. The van der Waals surface area contributed by atoms with Gasteiger partial charge in [-0.05, 0) is 37.8 Å². The maximum Gasteiger partial charge on any atom is 0.168 e. The molecule has 94 valence electrons. The van der Waals surface area contributed by atoms with E-state index in [9.17, 15) is 0 Å². The Hall–Kier alpha value is -1.25. The molecule has 0 amide bonds. The van der Waals surface area contributed by atoms with Crippen molar-refractivity contribution in [2.75, 3.05) is 11.9 Å². The standard InChI is InChI=1S/C14H22N2O/c1-3-12(10-11-7-8-11)16-14-13(17-4-2)6-5-9-15-14/h5-6,9,11-12H,3-4,7-8,10H2,1-2H3,(H,15,16). The van der Waals surface area contributed by atoms with E-state index < -0.39 is 0 Å². The number of hydrogen-bond donors (Lipinski definition) is 1. The van der Waals surface area contributed by atoms with Crippen LogP contribution in [0.3, 0.4) is 0 Å². The second kappa shape index (κ2) is 5.89.